The topological polar surface area (TPSA) is 54.5 Å². The van der Waals surface area contributed by atoms with Crippen LogP contribution in [-0.4, -0.2) is 41.1 Å². The average molecular weight is 258 g/mol. The van der Waals surface area contributed by atoms with E-state index in [9.17, 15) is 0 Å². The molecule has 0 atom stereocenters. The van der Waals surface area contributed by atoms with E-state index < -0.39 is 0 Å². The summed E-state index contributed by atoms with van der Waals surface area (Å²) in [6.45, 7) is 0. The van der Waals surface area contributed by atoms with Gasteiger partial charge in [0.2, 0.25) is 0 Å². The molecule has 0 spiro atoms. The van der Waals surface area contributed by atoms with Crippen LogP contribution in [0.3, 0.4) is 0 Å². The van der Waals surface area contributed by atoms with Crippen LogP contribution in [-0.2, 0) is 0 Å². The van der Waals surface area contributed by atoms with Gasteiger partial charge in [-0.2, -0.15) is 4.98 Å². The molecule has 0 saturated heterocycles. The van der Waals surface area contributed by atoms with Gasteiger partial charge in [0.1, 0.15) is 6.33 Å². The molecular weight excluding hydrogens is 246 g/mol. The molecule has 0 aliphatic rings. The van der Waals surface area contributed by atoms with E-state index in [1.165, 1.54) is 0 Å². The van der Waals surface area contributed by atoms with Gasteiger partial charge < -0.3 is 22.0 Å². The van der Waals surface area contributed by atoms with Crippen molar-refractivity contribution >= 4 is 17.0 Å². The molecule has 0 fully saturated rings. The maximum Gasteiger partial charge on any atom is 0.256 e. The number of nitrogens with one attached hydrogen (secondary N) is 1. The molecular formula is C8H12BrN5. The Hall–Kier alpha value is -1.01. The van der Waals surface area contributed by atoms with Gasteiger partial charge in [0.15, 0.2) is 11.2 Å². The van der Waals surface area contributed by atoms with Crippen molar-refractivity contribution in [1.29, 1.82) is 0 Å². The number of H-pyrrole nitrogens is 1. The number of hydrogen-bond donors (Lipinski definition) is 1. The molecule has 0 aliphatic carbocycles. The van der Waals surface area contributed by atoms with Crippen LogP contribution in [0.15, 0.2) is 12.7 Å². The van der Waals surface area contributed by atoms with E-state index >= 15 is 0 Å². The Balaban J connectivity index is 0.000000980. The minimum Gasteiger partial charge on any atom is -1.00 e. The summed E-state index contributed by atoms with van der Waals surface area (Å²) in [5.41, 5.74) is 1.63. The Morgan fingerprint density at radius 2 is 1.86 bits per heavy atom. The average Bonchev–Trinajstić information content (AvgIpc) is 2.48. The lowest BCUT2D eigenvalue weighted by Crippen LogP contribution is -3.00. The summed E-state index contributed by atoms with van der Waals surface area (Å²) >= 11 is 0. The van der Waals surface area contributed by atoms with Crippen molar-refractivity contribution in [2.24, 2.45) is 0 Å². The van der Waals surface area contributed by atoms with Gasteiger partial charge in [0, 0.05) is 0 Å². The normalized spacial score (nSPS) is 11.4. The van der Waals surface area contributed by atoms with Gasteiger partial charge in [-0.25, -0.2) is 9.97 Å². The van der Waals surface area contributed by atoms with Crippen molar-refractivity contribution in [3.05, 3.63) is 12.7 Å². The monoisotopic (exact) mass is 257 g/mol. The smallest absolute Gasteiger partial charge is 0.256 e. The van der Waals surface area contributed by atoms with Gasteiger partial charge in [-0.05, 0) is 0 Å². The van der Waals surface area contributed by atoms with E-state index in [4.69, 9.17) is 0 Å². The van der Waals surface area contributed by atoms with Gasteiger partial charge in [-0.1, -0.05) is 0 Å². The third-order valence-electron chi connectivity index (χ3n) is 1.84. The van der Waals surface area contributed by atoms with Crippen molar-refractivity contribution in [1.82, 2.24) is 24.4 Å². The summed E-state index contributed by atoms with van der Waals surface area (Å²) in [7, 11) is 6.17. The number of rotatable bonds is 1. The molecule has 0 aliphatic heterocycles. The maximum atomic E-state index is 4.24. The summed E-state index contributed by atoms with van der Waals surface area (Å²) in [6, 6.07) is 0. The summed E-state index contributed by atoms with van der Waals surface area (Å²) in [5, 5.41) is 0. The molecule has 6 heteroatoms. The molecule has 2 aromatic rings. The largest absolute Gasteiger partial charge is 1.00 e. The Kier molecular flexibility index (Phi) is 2.86. The predicted molar refractivity (Wildman–Crippen MR) is 51.2 cm³/mol. The molecule has 0 saturated carbocycles. The fourth-order valence-electron chi connectivity index (χ4n) is 1.26. The highest BCUT2D eigenvalue weighted by molar-refractivity contribution is 5.81. The summed E-state index contributed by atoms with van der Waals surface area (Å²) < 4.78 is 0.654. The third-order valence-corrected chi connectivity index (χ3v) is 1.84. The molecule has 2 heterocycles. The lowest BCUT2D eigenvalue weighted by atomic mass is 10.4. The number of nitrogens with zero attached hydrogens (tertiary/aromatic N) is 4. The molecule has 5 nitrogen and oxygen atoms in total. The minimum absolute atomic E-state index is 0. The zero-order chi connectivity index (χ0) is 9.47. The van der Waals surface area contributed by atoms with Crippen molar-refractivity contribution < 1.29 is 17.0 Å². The summed E-state index contributed by atoms with van der Waals surface area (Å²) in [4.78, 5) is 15.4. The number of halogens is 1. The number of hydrogen-bond acceptors (Lipinski definition) is 3. The zero-order valence-corrected chi connectivity index (χ0v) is 9.91. The second-order valence-electron chi connectivity index (χ2n) is 3.81. The lowest BCUT2D eigenvalue weighted by Gasteiger charge is -2.21. The van der Waals surface area contributed by atoms with Crippen molar-refractivity contribution in [2.75, 3.05) is 21.1 Å². The van der Waals surface area contributed by atoms with Gasteiger partial charge >= 0.3 is 0 Å². The van der Waals surface area contributed by atoms with E-state index in [0.29, 0.717) is 4.48 Å². The lowest BCUT2D eigenvalue weighted by molar-refractivity contribution is -0.00000322. The Labute approximate surface area is 92.6 Å². The van der Waals surface area contributed by atoms with E-state index in [-0.39, 0.29) is 17.0 Å². The second kappa shape index (κ2) is 3.62. The first kappa shape index (κ1) is 11.1. The van der Waals surface area contributed by atoms with Crippen molar-refractivity contribution in [3.63, 3.8) is 0 Å². The highest BCUT2D eigenvalue weighted by Crippen LogP contribution is 2.20. The van der Waals surface area contributed by atoms with Crippen LogP contribution in [0.5, 0.6) is 0 Å². The SMILES string of the molecule is C[N+](C)(C)c1ncnc2nc[nH]c12.[Br-]. The molecule has 76 valence electrons. The highest BCUT2D eigenvalue weighted by Gasteiger charge is 2.19. The first-order chi connectivity index (χ1) is 6.09. The van der Waals surface area contributed by atoms with Crippen LogP contribution in [0.1, 0.15) is 0 Å². The molecule has 0 aromatic carbocycles. The Morgan fingerprint density at radius 1 is 1.14 bits per heavy atom. The van der Waals surface area contributed by atoms with E-state index in [0.717, 1.165) is 17.0 Å². The minimum atomic E-state index is 0. The van der Waals surface area contributed by atoms with E-state index in [2.05, 4.69) is 41.1 Å². The standard InChI is InChI=1S/C8H12N5.BrH/c1-13(2,3)8-6-7(10-4-9-6)11-5-12-8;/h4-5H,1-3H3,(H,9,10,11,12);1H/q+1;/p-1. The molecule has 2 rings (SSSR count). The van der Waals surface area contributed by atoms with Gasteiger partial charge in [-0.3, -0.25) is 4.48 Å². The van der Waals surface area contributed by atoms with Crippen LogP contribution >= 0.6 is 0 Å². The van der Waals surface area contributed by atoms with E-state index in [1.807, 2.05) is 0 Å². The number of aromatic amines is 1. The number of quaternary nitrogens is 1. The van der Waals surface area contributed by atoms with Gasteiger partial charge in [-0.15, -0.1) is 0 Å². The maximum absolute atomic E-state index is 4.24. The van der Waals surface area contributed by atoms with Gasteiger partial charge in [0.25, 0.3) is 5.82 Å². The molecule has 0 unspecified atom stereocenters. The molecule has 0 radical (unpaired) electrons. The molecule has 0 bridgehead atoms. The number of fused-ring (bicyclic) bond motifs is 1. The molecule has 2 aromatic heterocycles. The van der Waals surface area contributed by atoms with Crippen LogP contribution in [0.25, 0.3) is 11.2 Å². The molecule has 0 amide bonds. The molecule has 1 N–H and O–H groups in total. The second-order valence-corrected chi connectivity index (χ2v) is 3.81. The van der Waals surface area contributed by atoms with Crippen molar-refractivity contribution in [2.45, 2.75) is 0 Å². The molecule has 14 heavy (non-hydrogen) atoms. The highest BCUT2D eigenvalue weighted by atomic mass is 79.9. The van der Waals surface area contributed by atoms with Crippen LogP contribution in [0, 0.1) is 0 Å². The number of aromatic nitrogens is 4. The quantitative estimate of drug-likeness (QED) is 0.578. The fourth-order valence-corrected chi connectivity index (χ4v) is 1.26. The summed E-state index contributed by atoms with van der Waals surface area (Å²) in [5.74, 6) is 0.947. The Morgan fingerprint density at radius 3 is 2.50 bits per heavy atom. The van der Waals surface area contributed by atoms with Crippen LogP contribution in [0.2, 0.25) is 0 Å². The summed E-state index contributed by atoms with van der Waals surface area (Å²) in [6.07, 6.45) is 3.18. The van der Waals surface area contributed by atoms with Crippen LogP contribution in [0.4, 0.5) is 5.82 Å². The first-order valence-electron chi connectivity index (χ1n) is 4.05. The zero-order valence-electron chi connectivity index (χ0n) is 8.32. The number of imidazole rings is 1. The fraction of sp³-hybridized carbons (Fsp3) is 0.375. The van der Waals surface area contributed by atoms with Gasteiger partial charge in [0.05, 0.1) is 27.5 Å². The first-order valence-corrected chi connectivity index (χ1v) is 4.05. The van der Waals surface area contributed by atoms with Crippen molar-refractivity contribution in [3.8, 4) is 0 Å². The van der Waals surface area contributed by atoms with Crippen LogP contribution < -0.4 is 21.5 Å². The predicted octanol–water partition coefficient (Wildman–Crippen LogP) is -2.45. The van der Waals surface area contributed by atoms with E-state index in [1.54, 1.807) is 12.7 Å². The Bertz CT molecular complexity index is 430. The third kappa shape index (κ3) is 1.76.